The van der Waals surface area contributed by atoms with Gasteiger partial charge in [0.05, 0.1) is 25.1 Å². The maximum absolute atomic E-state index is 13.8. The number of benzene rings is 3. The number of carboxylic acid groups (broad SMARTS) is 1. The van der Waals surface area contributed by atoms with Crippen molar-refractivity contribution in [1.29, 1.82) is 0 Å². The number of thioether (sulfide) groups is 1. The lowest BCUT2D eigenvalue weighted by Crippen LogP contribution is -2.36. The summed E-state index contributed by atoms with van der Waals surface area (Å²) in [5, 5.41) is 10.7. The van der Waals surface area contributed by atoms with Gasteiger partial charge in [-0.25, -0.2) is 9.18 Å². The number of amides is 3. The molecule has 0 aromatic heterocycles. The highest BCUT2D eigenvalue weighted by Gasteiger charge is 2.36. The number of carbonyl (C=O) groups is 4. The van der Waals surface area contributed by atoms with Crippen LogP contribution in [0.15, 0.2) is 74.5 Å². The first-order valence-corrected chi connectivity index (χ1v) is 13.3. The Morgan fingerprint density at radius 1 is 1.05 bits per heavy atom. The van der Waals surface area contributed by atoms with E-state index in [9.17, 15) is 23.6 Å². The van der Waals surface area contributed by atoms with Crippen molar-refractivity contribution in [3.63, 3.8) is 0 Å². The first-order chi connectivity index (χ1) is 18.1. The number of hydrogen-bond acceptors (Lipinski definition) is 6. The fourth-order valence-electron chi connectivity index (χ4n) is 3.38. The molecule has 2 N–H and O–H groups in total. The summed E-state index contributed by atoms with van der Waals surface area (Å²) in [5.41, 5.74) is 1.48. The maximum Gasteiger partial charge on any atom is 0.335 e. The van der Waals surface area contributed by atoms with Gasteiger partial charge in [-0.05, 0) is 97.2 Å². The van der Waals surface area contributed by atoms with Crippen LogP contribution in [0.4, 0.5) is 14.9 Å². The molecule has 0 spiro atoms. The van der Waals surface area contributed by atoms with Crippen molar-refractivity contribution < 1.29 is 33.4 Å². The van der Waals surface area contributed by atoms with Crippen LogP contribution in [0.1, 0.15) is 21.5 Å². The number of carboxylic acids is 1. The number of nitrogens with zero attached hydrogens (tertiary/aromatic N) is 1. The Hall–Kier alpha value is -3.48. The highest BCUT2D eigenvalue weighted by molar-refractivity contribution is 9.11. The van der Waals surface area contributed by atoms with E-state index in [1.807, 2.05) is 0 Å². The average Bonchev–Trinajstić information content (AvgIpc) is 3.12. The Morgan fingerprint density at radius 2 is 1.71 bits per heavy atom. The molecule has 1 aliphatic heterocycles. The normalized spacial score (nSPS) is 14.2. The van der Waals surface area contributed by atoms with Gasteiger partial charge in [0.1, 0.15) is 24.7 Å². The minimum absolute atomic E-state index is 0.0469. The summed E-state index contributed by atoms with van der Waals surface area (Å²) in [4.78, 5) is 49.4. The summed E-state index contributed by atoms with van der Waals surface area (Å²) >= 11 is 7.59. The van der Waals surface area contributed by atoms with Gasteiger partial charge in [-0.1, -0.05) is 24.3 Å². The SMILES string of the molecule is O=C(CN1C(=O)S/C(=C\c2cc(Br)c(OCc3ccc(C(=O)O)cc3)c(Br)c2)C1=O)Nc1ccccc1F. The van der Waals surface area contributed by atoms with Crippen molar-refractivity contribution in [3.05, 3.63) is 97.0 Å². The van der Waals surface area contributed by atoms with Crippen LogP contribution in [0.25, 0.3) is 6.08 Å². The summed E-state index contributed by atoms with van der Waals surface area (Å²) < 4.78 is 20.8. The van der Waals surface area contributed by atoms with E-state index in [1.54, 1.807) is 30.3 Å². The van der Waals surface area contributed by atoms with Gasteiger partial charge in [0.2, 0.25) is 5.91 Å². The lowest BCUT2D eigenvalue weighted by molar-refractivity contribution is -0.127. The van der Waals surface area contributed by atoms with E-state index in [4.69, 9.17) is 9.84 Å². The molecule has 8 nitrogen and oxygen atoms in total. The molecular formula is C26H17Br2FN2O6S. The smallest absolute Gasteiger partial charge is 0.335 e. The van der Waals surface area contributed by atoms with Gasteiger partial charge in [-0.2, -0.15) is 0 Å². The van der Waals surface area contributed by atoms with Crippen molar-refractivity contribution in [1.82, 2.24) is 4.90 Å². The monoisotopic (exact) mass is 662 g/mol. The summed E-state index contributed by atoms with van der Waals surface area (Å²) in [7, 11) is 0. The summed E-state index contributed by atoms with van der Waals surface area (Å²) in [6.45, 7) is -0.367. The third-order valence-electron chi connectivity index (χ3n) is 5.23. The highest BCUT2D eigenvalue weighted by Crippen LogP contribution is 2.38. The number of carbonyl (C=O) groups excluding carboxylic acids is 3. The Kier molecular flexibility index (Phi) is 8.65. The number of halogens is 3. The average molecular weight is 664 g/mol. The second kappa shape index (κ2) is 11.9. The molecule has 3 aromatic rings. The van der Waals surface area contributed by atoms with Crippen molar-refractivity contribution in [3.8, 4) is 5.75 Å². The summed E-state index contributed by atoms with van der Waals surface area (Å²) in [6.07, 6.45) is 1.52. The number of anilines is 1. The molecule has 1 aliphatic rings. The van der Waals surface area contributed by atoms with E-state index in [0.717, 1.165) is 10.5 Å². The van der Waals surface area contributed by atoms with E-state index in [1.165, 1.54) is 36.4 Å². The maximum atomic E-state index is 13.8. The predicted octanol–water partition coefficient (Wildman–Crippen LogP) is 6.30. The van der Waals surface area contributed by atoms with Gasteiger partial charge in [-0.15, -0.1) is 0 Å². The van der Waals surface area contributed by atoms with Crippen molar-refractivity contribution in [2.24, 2.45) is 0 Å². The van der Waals surface area contributed by atoms with Crippen LogP contribution in [0.3, 0.4) is 0 Å². The van der Waals surface area contributed by atoms with Gasteiger partial charge in [0.15, 0.2) is 0 Å². The van der Waals surface area contributed by atoms with Gasteiger partial charge < -0.3 is 15.2 Å². The number of para-hydroxylation sites is 1. The quantitative estimate of drug-likeness (QED) is 0.272. The van der Waals surface area contributed by atoms with Crippen molar-refractivity contribution in [2.45, 2.75) is 6.61 Å². The van der Waals surface area contributed by atoms with Crippen LogP contribution in [-0.2, 0) is 16.2 Å². The Morgan fingerprint density at radius 3 is 2.34 bits per heavy atom. The number of nitrogens with one attached hydrogen (secondary N) is 1. The largest absolute Gasteiger partial charge is 0.487 e. The lowest BCUT2D eigenvalue weighted by atomic mass is 10.1. The van der Waals surface area contributed by atoms with Gasteiger partial charge in [0.25, 0.3) is 11.1 Å². The van der Waals surface area contributed by atoms with Crippen LogP contribution in [0.2, 0.25) is 0 Å². The minimum atomic E-state index is -1.01. The van der Waals surface area contributed by atoms with Crippen molar-refractivity contribution in [2.75, 3.05) is 11.9 Å². The summed E-state index contributed by atoms with van der Waals surface area (Å²) in [6, 6.07) is 15.3. The summed E-state index contributed by atoms with van der Waals surface area (Å²) in [5.74, 6) is -2.50. The molecule has 3 aromatic carbocycles. The lowest BCUT2D eigenvalue weighted by Gasteiger charge is -2.13. The molecule has 3 amide bonds. The van der Waals surface area contributed by atoms with Crippen LogP contribution < -0.4 is 10.1 Å². The van der Waals surface area contributed by atoms with E-state index in [2.05, 4.69) is 37.2 Å². The molecule has 0 aliphatic carbocycles. The Bertz CT molecular complexity index is 1460. The van der Waals surface area contributed by atoms with Crippen LogP contribution in [-0.4, -0.2) is 39.6 Å². The molecule has 0 bridgehead atoms. The Labute approximate surface area is 237 Å². The van der Waals surface area contributed by atoms with E-state index < -0.39 is 35.4 Å². The number of rotatable bonds is 8. The second-order valence-corrected chi connectivity index (χ2v) is 10.6. The third-order valence-corrected chi connectivity index (χ3v) is 7.31. The minimum Gasteiger partial charge on any atom is -0.487 e. The van der Waals surface area contributed by atoms with Crippen molar-refractivity contribution >= 4 is 78.4 Å². The zero-order chi connectivity index (χ0) is 27.4. The molecule has 1 heterocycles. The number of imide groups is 1. The van der Waals surface area contributed by atoms with E-state index >= 15 is 0 Å². The molecule has 0 saturated carbocycles. The molecule has 194 valence electrons. The third kappa shape index (κ3) is 6.50. The fourth-order valence-corrected chi connectivity index (χ4v) is 5.67. The highest BCUT2D eigenvalue weighted by atomic mass is 79.9. The van der Waals surface area contributed by atoms with Gasteiger partial charge in [0, 0.05) is 0 Å². The molecular weight excluding hydrogens is 647 g/mol. The van der Waals surface area contributed by atoms with E-state index in [0.29, 0.717) is 32.0 Å². The fraction of sp³-hybridized carbons (Fsp3) is 0.0769. The zero-order valence-electron chi connectivity index (χ0n) is 19.2. The molecule has 1 fully saturated rings. The standard InChI is InChI=1S/C26H17Br2FN2O6S/c27-17-9-15(10-18(28)23(17)37-13-14-5-7-16(8-6-14)25(34)35)11-21-24(33)31(26(36)38-21)12-22(32)30-20-4-2-1-3-19(20)29/h1-11H,12-13H2,(H,30,32)(H,34,35)/b21-11-. The number of ether oxygens (including phenoxy) is 1. The number of aromatic carboxylic acids is 1. The molecule has 12 heteroatoms. The van der Waals surface area contributed by atoms with Crippen LogP contribution in [0, 0.1) is 5.82 Å². The zero-order valence-corrected chi connectivity index (χ0v) is 23.2. The van der Waals surface area contributed by atoms with E-state index in [-0.39, 0.29) is 22.8 Å². The molecule has 0 radical (unpaired) electrons. The molecule has 4 rings (SSSR count). The Balaban J connectivity index is 1.43. The molecule has 1 saturated heterocycles. The first-order valence-electron chi connectivity index (χ1n) is 10.9. The predicted molar refractivity (Wildman–Crippen MR) is 147 cm³/mol. The second-order valence-electron chi connectivity index (χ2n) is 7.90. The molecule has 38 heavy (non-hydrogen) atoms. The van der Waals surface area contributed by atoms with Crippen LogP contribution >= 0.6 is 43.6 Å². The molecule has 0 unspecified atom stereocenters. The van der Waals surface area contributed by atoms with Gasteiger partial charge in [-0.3, -0.25) is 19.3 Å². The topological polar surface area (TPSA) is 113 Å². The number of hydrogen-bond donors (Lipinski definition) is 2. The van der Waals surface area contributed by atoms with Gasteiger partial charge >= 0.3 is 5.97 Å². The van der Waals surface area contributed by atoms with Crippen LogP contribution in [0.5, 0.6) is 5.75 Å². The molecule has 0 atom stereocenters. The first kappa shape index (κ1) is 27.6.